The highest BCUT2D eigenvalue weighted by Crippen LogP contribution is 2.42. The van der Waals surface area contributed by atoms with E-state index in [1.807, 2.05) is 32.0 Å². The van der Waals surface area contributed by atoms with Crippen molar-refractivity contribution in [3.8, 4) is 56.8 Å². The number of benzene rings is 4. The molecule has 0 bridgehead atoms. The molecule has 0 aliphatic carbocycles. The molecule has 0 spiro atoms. The predicted octanol–water partition coefficient (Wildman–Crippen LogP) is 6.34. The Morgan fingerprint density at radius 3 is 1.98 bits per heavy atom. The summed E-state index contributed by atoms with van der Waals surface area (Å²) in [5.41, 5.74) is 2.75. The van der Waals surface area contributed by atoms with Crippen molar-refractivity contribution in [2.45, 2.75) is 13.8 Å². The minimum absolute atomic E-state index is 0.00707. The van der Waals surface area contributed by atoms with Crippen LogP contribution >= 0.6 is 0 Å². The second kappa shape index (κ2) is 9.06. The molecule has 0 saturated carbocycles. The lowest BCUT2D eigenvalue weighted by molar-refractivity contribution is 0.451. The number of aromatic hydroxyl groups is 4. The first-order valence-electron chi connectivity index (χ1n) is 12.3. The van der Waals surface area contributed by atoms with Gasteiger partial charge in [-0.1, -0.05) is 30.3 Å². The zero-order chi connectivity index (χ0) is 28.3. The molecule has 6 rings (SSSR count). The maximum Gasteiger partial charge on any atom is 0.197 e. The van der Waals surface area contributed by atoms with Gasteiger partial charge in [0.15, 0.2) is 16.4 Å². The topological polar surface area (TPSA) is 141 Å². The Balaban J connectivity index is 1.58. The van der Waals surface area contributed by atoms with Gasteiger partial charge in [-0.15, -0.1) is 0 Å². The van der Waals surface area contributed by atoms with Crippen LogP contribution in [0.25, 0.3) is 55.7 Å². The standard InChI is InChI=1S/C32H22O8/c1-15-6-7-18(8-16(15)2)27-14-25(38)31-23(36)12-22(35)29(32(31)40-27)19-5-3-4-17(9-19)26-13-24(37)30-21(34)10-20(33)11-28(30)39-26/h3-14,33-36H,1-2H3. The van der Waals surface area contributed by atoms with Crippen molar-refractivity contribution in [1.82, 2.24) is 0 Å². The van der Waals surface area contributed by atoms with E-state index in [1.165, 1.54) is 18.2 Å². The molecule has 0 radical (unpaired) electrons. The summed E-state index contributed by atoms with van der Waals surface area (Å²) in [5.74, 6) is -1.01. The van der Waals surface area contributed by atoms with Crippen molar-refractivity contribution in [1.29, 1.82) is 0 Å². The van der Waals surface area contributed by atoms with Crippen LogP contribution in [0.5, 0.6) is 23.0 Å². The molecule has 198 valence electrons. The molecule has 0 amide bonds. The van der Waals surface area contributed by atoms with Gasteiger partial charge in [0.05, 0.1) is 5.56 Å². The van der Waals surface area contributed by atoms with Crippen molar-refractivity contribution >= 4 is 21.9 Å². The quantitative estimate of drug-likeness (QED) is 0.206. The van der Waals surface area contributed by atoms with Gasteiger partial charge in [-0.3, -0.25) is 9.59 Å². The van der Waals surface area contributed by atoms with Crippen LogP contribution in [0, 0.1) is 13.8 Å². The maximum absolute atomic E-state index is 13.2. The van der Waals surface area contributed by atoms with Crippen molar-refractivity contribution in [2.24, 2.45) is 0 Å². The summed E-state index contributed by atoms with van der Waals surface area (Å²) in [6.07, 6.45) is 0. The fraction of sp³-hybridized carbons (Fsp3) is 0.0625. The molecule has 2 aromatic heterocycles. The van der Waals surface area contributed by atoms with Gasteiger partial charge in [-0.2, -0.15) is 0 Å². The first kappa shape index (κ1) is 24.8. The van der Waals surface area contributed by atoms with Gasteiger partial charge in [0, 0.05) is 41.5 Å². The normalized spacial score (nSPS) is 11.3. The molecule has 6 aromatic rings. The fourth-order valence-corrected chi connectivity index (χ4v) is 4.84. The second-order valence-electron chi connectivity index (χ2n) is 9.66. The highest BCUT2D eigenvalue weighted by Gasteiger charge is 2.21. The zero-order valence-corrected chi connectivity index (χ0v) is 21.4. The Labute approximate surface area is 226 Å². The molecule has 8 heteroatoms. The first-order chi connectivity index (χ1) is 19.1. The van der Waals surface area contributed by atoms with Gasteiger partial charge < -0.3 is 29.3 Å². The van der Waals surface area contributed by atoms with Crippen molar-refractivity contribution in [3.63, 3.8) is 0 Å². The second-order valence-corrected chi connectivity index (χ2v) is 9.66. The average Bonchev–Trinajstić information content (AvgIpc) is 2.89. The Morgan fingerprint density at radius 2 is 1.23 bits per heavy atom. The van der Waals surface area contributed by atoms with E-state index in [9.17, 15) is 30.0 Å². The van der Waals surface area contributed by atoms with E-state index in [2.05, 4.69) is 0 Å². The van der Waals surface area contributed by atoms with Gasteiger partial charge in [0.2, 0.25) is 0 Å². The minimum Gasteiger partial charge on any atom is -0.508 e. The summed E-state index contributed by atoms with van der Waals surface area (Å²) in [7, 11) is 0. The molecule has 0 saturated heterocycles. The Kier molecular flexibility index (Phi) is 5.62. The van der Waals surface area contributed by atoms with Gasteiger partial charge in [-0.05, 0) is 42.7 Å². The van der Waals surface area contributed by atoms with E-state index in [1.54, 1.807) is 24.3 Å². The number of hydrogen-bond acceptors (Lipinski definition) is 8. The molecule has 4 aromatic carbocycles. The summed E-state index contributed by atoms with van der Waals surface area (Å²) < 4.78 is 12.0. The zero-order valence-electron chi connectivity index (χ0n) is 21.4. The molecule has 0 aliphatic heterocycles. The molecular formula is C32H22O8. The number of rotatable bonds is 3. The maximum atomic E-state index is 13.2. The summed E-state index contributed by atoms with van der Waals surface area (Å²) in [6, 6.07) is 18.1. The summed E-state index contributed by atoms with van der Waals surface area (Å²) in [5, 5.41) is 41.3. The van der Waals surface area contributed by atoms with Gasteiger partial charge in [-0.25, -0.2) is 0 Å². The number of aryl methyl sites for hydroxylation is 2. The number of fused-ring (bicyclic) bond motifs is 2. The first-order valence-corrected chi connectivity index (χ1v) is 12.3. The SMILES string of the molecule is Cc1ccc(-c2cc(=O)c3c(O)cc(O)c(-c4cccc(-c5cc(=O)c6c(O)cc(O)cc6o5)c4)c3o2)cc1C. The third kappa shape index (κ3) is 4.03. The van der Waals surface area contributed by atoms with Crippen LogP contribution in [0.2, 0.25) is 0 Å². The lowest BCUT2D eigenvalue weighted by Gasteiger charge is -2.13. The molecule has 0 aliphatic rings. The van der Waals surface area contributed by atoms with E-state index in [0.29, 0.717) is 16.7 Å². The average molecular weight is 535 g/mol. The molecule has 4 N–H and O–H groups in total. The predicted molar refractivity (Wildman–Crippen MR) is 151 cm³/mol. The summed E-state index contributed by atoms with van der Waals surface area (Å²) in [6.45, 7) is 3.92. The van der Waals surface area contributed by atoms with E-state index in [0.717, 1.165) is 23.3 Å². The Morgan fingerprint density at radius 1 is 0.575 bits per heavy atom. The van der Waals surface area contributed by atoms with E-state index in [4.69, 9.17) is 8.83 Å². The van der Waals surface area contributed by atoms with Gasteiger partial charge >= 0.3 is 0 Å². The number of phenols is 4. The molecule has 0 atom stereocenters. The van der Waals surface area contributed by atoms with Crippen molar-refractivity contribution in [3.05, 3.63) is 104 Å². The van der Waals surface area contributed by atoms with Crippen LogP contribution < -0.4 is 10.9 Å². The van der Waals surface area contributed by atoms with E-state index in [-0.39, 0.29) is 50.5 Å². The third-order valence-electron chi connectivity index (χ3n) is 6.98. The van der Waals surface area contributed by atoms with Crippen molar-refractivity contribution in [2.75, 3.05) is 0 Å². The third-order valence-corrected chi connectivity index (χ3v) is 6.98. The van der Waals surface area contributed by atoms with Crippen LogP contribution in [0.1, 0.15) is 11.1 Å². The smallest absolute Gasteiger partial charge is 0.197 e. The molecular weight excluding hydrogens is 512 g/mol. The van der Waals surface area contributed by atoms with Gasteiger partial charge in [0.25, 0.3) is 0 Å². The van der Waals surface area contributed by atoms with Crippen LogP contribution in [0.15, 0.2) is 91.2 Å². The largest absolute Gasteiger partial charge is 0.508 e. The number of phenolic OH excluding ortho intramolecular Hbond substituents is 4. The summed E-state index contributed by atoms with van der Waals surface area (Å²) in [4.78, 5) is 25.9. The minimum atomic E-state index is -0.513. The van der Waals surface area contributed by atoms with E-state index >= 15 is 0 Å². The van der Waals surface area contributed by atoms with Gasteiger partial charge in [0.1, 0.15) is 50.9 Å². The molecule has 8 nitrogen and oxygen atoms in total. The molecule has 0 fully saturated rings. The lowest BCUT2D eigenvalue weighted by atomic mass is 9.97. The van der Waals surface area contributed by atoms with Crippen LogP contribution in [0.4, 0.5) is 0 Å². The highest BCUT2D eigenvalue weighted by molar-refractivity contribution is 6.00. The fourth-order valence-electron chi connectivity index (χ4n) is 4.84. The lowest BCUT2D eigenvalue weighted by Crippen LogP contribution is -2.02. The molecule has 2 heterocycles. The van der Waals surface area contributed by atoms with Crippen molar-refractivity contribution < 1.29 is 29.3 Å². The Hall–Kier alpha value is -5.50. The Bertz CT molecular complexity index is 2120. The summed E-state index contributed by atoms with van der Waals surface area (Å²) >= 11 is 0. The van der Waals surface area contributed by atoms with Crippen LogP contribution in [-0.2, 0) is 0 Å². The highest BCUT2D eigenvalue weighted by atomic mass is 16.3. The molecule has 0 unspecified atom stereocenters. The monoisotopic (exact) mass is 534 g/mol. The van der Waals surface area contributed by atoms with Crippen LogP contribution in [-0.4, -0.2) is 20.4 Å². The number of hydrogen-bond donors (Lipinski definition) is 4. The van der Waals surface area contributed by atoms with Crippen LogP contribution in [0.3, 0.4) is 0 Å². The van der Waals surface area contributed by atoms with E-state index < -0.39 is 22.4 Å². The molecule has 40 heavy (non-hydrogen) atoms.